The number of hydrogen-bond donors (Lipinski definition) is 2. The van der Waals surface area contributed by atoms with E-state index in [0.717, 1.165) is 24.3 Å². The third-order valence-corrected chi connectivity index (χ3v) is 4.14. The molecule has 3 rings (SSSR count). The van der Waals surface area contributed by atoms with Crippen LogP contribution in [0.15, 0.2) is 48.5 Å². The van der Waals surface area contributed by atoms with Crippen LogP contribution < -0.4 is 16.0 Å². The van der Waals surface area contributed by atoms with Crippen LogP contribution in [-0.2, 0) is 11.2 Å². The summed E-state index contributed by atoms with van der Waals surface area (Å²) in [4.78, 5) is 14.4. The number of fused-ring (bicyclic) bond motifs is 1. The molecule has 0 aliphatic carbocycles. The van der Waals surface area contributed by atoms with Gasteiger partial charge in [0.05, 0.1) is 11.4 Å². The number of rotatable bonds is 4. The van der Waals surface area contributed by atoms with E-state index in [9.17, 15) is 4.79 Å². The molecule has 0 bridgehead atoms. The minimum Gasteiger partial charge on any atom is -0.339 e. The molecule has 4 heteroatoms. The molecule has 2 aromatic rings. The molecule has 114 valence electrons. The molecule has 0 aromatic heterocycles. The lowest BCUT2D eigenvalue weighted by Gasteiger charge is -2.23. The van der Waals surface area contributed by atoms with Gasteiger partial charge in [-0.1, -0.05) is 37.3 Å². The zero-order valence-electron chi connectivity index (χ0n) is 12.8. The molecule has 0 spiro atoms. The summed E-state index contributed by atoms with van der Waals surface area (Å²) in [5, 5.41) is 3.01. The van der Waals surface area contributed by atoms with Crippen molar-refractivity contribution in [1.82, 2.24) is 0 Å². The lowest BCUT2D eigenvalue weighted by Crippen LogP contribution is -2.27. The first-order valence-electron chi connectivity index (χ1n) is 7.66. The molecule has 0 fully saturated rings. The molecule has 3 N–H and O–H groups in total. The highest BCUT2D eigenvalue weighted by molar-refractivity contribution is 5.96. The Morgan fingerprint density at radius 3 is 2.64 bits per heavy atom. The van der Waals surface area contributed by atoms with Gasteiger partial charge in [-0.25, -0.2) is 0 Å². The highest BCUT2D eigenvalue weighted by Gasteiger charge is 2.22. The molecule has 4 nitrogen and oxygen atoms in total. The molecule has 0 saturated carbocycles. The van der Waals surface area contributed by atoms with Crippen LogP contribution in [0.2, 0.25) is 0 Å². The number of nitrogens with zero attached hydrogens (tertiary/aromatic N) is 1. The van der Waals surface area contributed by atoms with E-state index in [2.05, 4.69) is 34.5 Å². The SMILES string of the molecule is CC(CN)C(=O)Nc1ccccc1N1CCc2ccccc21. The normalized spacial score (nSPS) is 14.5. The van der Waals surface area contributed by atoms with E-state index in [1.54, 1.807) is 0 Å². The molecular weight excluding hydrogens is 274 g/mol. The van der Waals surface area contributed by atoms with Crippen LogP contribution in [0.4, 0.5) is 17.1 Å². The number of benzene rings is 2. The van der Waals surface area contributed by atoms with Crippen LogP contribution in [-0.4, -0.2) is 19.0 Å². The number of para-hydroxylation sites is 3. The summed E-state index contributed by atoms with van der Waals surface area (Å²) in [6.45, 7) is 3.11. The first-order valence-corrected chi connectivity index (χ1v) is 7.66. The summed E-state index contributed by atoms with van der Waals surface area (Å²) in [6, 6.07) is 16.3. The van der Waals surface area contributed by atoms with Gasteiger partial charge in [0.2, 0.25) is 5.91 Å². The lowest BCUT2D eigenvalue weighted by atomic mass is 10.1. The molecule has 1 atom stereocenters. The number of hydrogen-bond acceptors (Lipinski definition) is 3. The summed E-state index contributed by atoms with van der Waals surface area (Å²) >= 11 is 0. The Bertz CT molecular complexity index is 684. The monoisotopic (exact) mass is 295 g/mol. The smallest absolute Gasteiger partial charge is 0.228 e. The van der Waals surface area contributed by atoms with Crippen molar-refractivity contribution in [3.8, 4) is 0 Å². The maximum Gasteiger partial charge on any atom is 0.228 e. The van der Waals surface area contributed by atoms with E-state index in [1.165, 1.54) is 11.3 Å². The fourth-order valence-corrected chi connectivity index (χ4v) is 2.77. The van der Waals surface area contributed by atoms with Crippen molar-refractivity contribution >= 4 is 23.0 Å². The van der Waals surface area contributed by atoms with Crippen LogP contribution in [0.3, 0.4) is 0 Å². The molecule has 0 radical (unpaired) electrons. The Kier molecular flexibility index (Phi) is 4.11. The van der Waals surface area contributed by atoms with E-state index in [0.29, 0.717) is 6.54 Å². The highest BCUT2D eigenvalue weighted by Crippen LogP contribution is 2.38. The fourth-order valence-electron chi connectivity index (χ4n) is 2.77. The average Bonchev–Trinajstić information content (AvgIpc) is 2.98. The third kappa shape index (κ3) is 2.70. The van der Waals surface area contributed by atoms with Crippen molar-refractivity contribution in [1.29, 1.82) is 0 Å². The Balaban J connectivity index is 1.91. The van der Waals surface area contributed by atoms with Crippen LogP contribution in [0.5, 0.6) is 0 Å². The predicted octanol–water partition coefficient (Wildman–Crippen LogP) is 2.91. The van der Waals surface area contributed by atoms with Crippen molar-refractivity contribution in [2.75, 3.05) is 23.3 Å². The van der Waals surface area contributed by atoms with Gasteiger partial charge >= 0.3 is 0 Å². The first-order chi connectivity index (χ1) is 10.7. The zero-order valence-corrected chi connectivity index (χ0v) is 12.8. The van der Waals surface area contributed by atoms with E-state index in [4.69, 9.17) is 5.73 Å². The van der Waals surface area contributed by atoms with E-state index >= 15 is 0 Å². The number of carbonyl (C=O) groups is 1. The standard InChI is InChI=1S/C18H21N3O/c1-13(12-19)18(22)20-15-7-3-5-9-17(15)21-11-10-14-6-2-4-8-16(14)21/h2-9,13H,10-12,19H2,1H3,(H,20,22). The summed E-state index contributed by atoms with van der Waals surface area (Å²) in [7, 11) is 0. The summed E-state index contributed by atoms with van der Waals surface area (Å²) < 4.78 is 0. The van der Waals surface area contributed by atoms with Crippen molar-refractivity contribution in [3.05, 3.63) is 54.1 Å². The molecule has 0 saturated heterocycles. The average molecular weight is 295 g/mol. The minimum atomic E-state index is -0.195. The number of nitrogens with one attached hydrogen (secondary N) is 1. The number of nitrogens with two attached hydrogens (primary N) is 1. The van der Waals surface area contributed by atoms with Crippen molar-refractivity contribution in [3.63, 3.8) is 0 Å². The van der Waals surface area contributed by atoms with Crippen LogP contribution in [0.25, 0.3) is 0 Å². The molecule has 1 unspecified atom stereocenters. The first kappa shape index (κ1) is 14.6. The van der Waals surface area contributed by atoms with Crippen LogP contribution in [0, 0.1) is 5.92 Å². The predicted molar refractivity (Wildman–Crippen MR) is 90.4 cm³/mol. The molecule has 1 heterocycles. The van der Waals surface area contributed by atoms with Gasteiger partial charge in [-0.3, -0.25) is 4.79 Å². The van der Waals surface area contributed by atoms with Crippen molar-refractivity contribution in [2.24, 2.45) is 11.7 Å². The molecule has 1 amide bonds. The molecular formula is C18H21N3O. The topological polar surface area (TPSA) is 58.4 Å². The third-order valence-electron chi connectivity index (χ3n) is 4.14. The Morgan fingerprint density at radius 2 is 1.86 bits per heavy atom. The van der Waals surface area contributed by atoms with Gasteiger partial charge in [0, 0.05) is 24.7 Å². The highest BCUT2D eigenvalue weighted by atomic mass is 16.1. The van der Waals surface area contributed by atoms with Gasteiger partial charge in [-0.15, -0.1) is 0 Å². The summed E-state index contributed by atoms with van der Waals surface area (Å²) in [6.07, 6.45) is 1.03. The number of amides is 1. The maximum absolute atomic E-state index is 12.1. The zero-order chi connectivity index (χ0) is 15.5. The van der Waals surface area contributed by atoms with Crippen molar-refractivity contribution in [2.45, 2.75) is 13.3 Å². The van der Waals surface area contributed by atoms with E-state index < -0.39 is 0 Å². The lowest BCUT2D eigenvalue weighted by molar-refractivity contribution is -0.119. The summed E-state index contributed by atoms with van der Waals surface area (Å²) in [5.74, 6) is -0.235. The quantitative estimate of drug-likeness (QED) is 0.912. The minimum absolute atomic E-state index is 0.0394. The van der Waals surface area contributed by atoms with E-state index in [-0.39, 0.29) is 11.8 Å². The number of anilines is 3. The second kappa shape index (κ2) is 6.20. The molecule has 22 heavy (non-hydrogen) atoms. The van der Waals surface area contributed by atoms with Gasteiger partial charge in [0.1, 0.15) is 0 Å². The van der Waals surface area contributed by atoms with Crippen LogP contribution >= 0.6 is 0 Å². The second-order valence-electron chi connectivity index (χ2n) is 5.67. The number of carbonyl (C=O) groups excluding carboxylic acids is 1. The second-order valence-corrected chi connectivity index (χ2v) is 5.67. The largest absolute Gasteiger partial charge is 0.339 e. The van der Waals surface area contributed by atoms with Gasteiger partial charge in [0.15, 0.2) is 0 Å². The Hall–Kier alpha value is -2.33. The maximum atomic E-state index is 12.1. The van der Waals surface area contributed by atoms with Gasteiger partial charge in [-0.2, -0.15) is 0 Å². The molecule has 1 aliphatic heterocycles. The Morgan fingerprint density at radius 1 is 1.18 bits per heavy atom. The van der Waals surface area contributed by atoms with Crippen LogP contribution in [0.1, 0.15) is 12.5 Å². The van der Waals surface area contributed by atoms with Gasteiger partial charge in [-0.05, 0) is 30.2 Å². The summed E-state index contributed by atoms with van der Waals surface area (Å²) in [5.41, 5.74) is 10.0. The Labute approximate surface area is 130 Å². The van der Waals surface area contributed by atoms with E-state index in [1.807, 2.05) is 31.2 Å². The molecule has 1 aliphatic rings. The van der Waals surface area contributed by atoms with Gasteiger partial charge < -0.3 is 16.0 Å². The molecule has 2 aromatic carbocycles. The fraction of sp³-hybridized carbons (Fsp3) is 0.278. The van der Waals surface area contributed by atoms with Gasteiger partial charge in [0.25, 0.3) is 0 Å². The van der Waals surface area contributed by atoms with Crippen molar-refractivity contribution < 1.29 is 4.79 Å².